The van der Waals surface area contributed by atoms with E-state index in [1.165, 1.54) is 123 Å². The summed E-state index contributed by atoms with van der Waals surface area (Å²) in [4.78, 5) is 7.89. The van der Waals surface area contributed by atoms with Crippen molar-refractivity contribution in [2.24, 2.45) is 0 Å². The van der Waals surface area contributed by atoms with Crippen LogP contribution in [0, 0.1) is 13.8 Å². The Morgan fingerprint density at radius 2 is 0.835 bits per heavy atom. The van der Waals surface area contributed by atoms with Crippen LogP contribution in [0.5, 0.6) is 0 Å². The number of benzene rings is 9. The van der Waals surface area contributed by atoms with Crippen molar-refractivity contribution in [3.63, 3.8) is 0 Å². The standard InChI is InChI=1S/C81H88BN3/c1-50-41-72-74-73(42-50)85(69-48-65-64(43-51(69)2)80(16,17)60-27-23-24-28-61(60)81(65,18)19)70-45-58(83(56-34-29-53(30-35-56)75(3,4)5)57-36-31-54(32-37-57)76(6,7)8)38-39-66(70)82(74)67-46-62-63(79(14,15)49-78(62,12)13)47-71(67)84(72)68-40-33-55(77(9,10)11)44-59(68)52-25-21-20-22-26-52/h20-48H,49H2,1-19H3. The highest BCUT2D eigenvalue weighted by Crippen LogP contribution is 2.56. The minimum absolute atomic E-state index is 0.0153. The molecule has 0 radical (unpaired) electrons. The van der Waals surface area contributed by atoms with Crippen molar-refractivity contribution in [3.8, 4) is 11.1 Å². The van der Waals surface area contributed by atoms with E-state index in [1.807, 2.05) is 0 Å². The highest BCUT2D eigenvalue weighted by molar-refractivity contribution is 7.00. The van der Waals surface area contributed by atoms with E-state index in [9.17, 15) is 0 Å². The van der Waals surface area contributed by atoms with E-state index in [4.69, 9.17) is 0 Å². The third-order valence-corrected chi connectivity index (χ3v) is 20.3. The zero-order chi connectivity index (χ0) is 60.5. The minimum atomic E-state index is -0.252. The summed E-state index contributed by atoms with van der Waals surface area (Å²) in [5.74, 6) is 0. The molecule has 9 aromatic carbocycles. The summed E-state index contributed by atoms with van der Waals surface area (Å²) in [6.45, 7) is 45.2. The average Bonchev–Trinajstić information content (AvgIpc) is 1.48. The SMILES string of the molecule is Cc1cc2c3c(c1)N(c1ccc(C(C)(C)C)cc1-c1ccccc1)c1cc4c(cc1B3c1ccc(N(c3ccc(C(C)(C)C)cc3)c3ccc(C(C)(C)C)cc3)cc1N2c1cc2c(cc1C)C(C)(C)c1ccccc1C2(C)C)C(C)(C)CC4(C)C. The topological polar surface area (TPSA) is 9.72 Å². The Morgan fingerprint density at radius 1 is 0.376 bits per heavy atom. The van der Waals surface area contributed by atoms with Crippen LogP contribution in [-0.2, 0) is 37.9 Å². The van der Waals surface area contributed by atoms with Gasteiger partial charge in [0.15, 0.2) is 0 Å². The van der Waals surface area contributed by atoms with Gasteiger partial charge in [-0.2, -0.15) is 0 Å². The molecule has 0 fully saturated rings. The van der Waals surface area contributed by atoms with Crippen molar-refractivity contribution < 1.29 is 0 Å². The van der Waals surface area contributed by atoms with Gasteiger partial charge in [0.1, 0.15) is 0 Å². The first-order chi connectivity index (χ1) is 39.9. The highest BCUT2D eigenvalue weighted by atomic mass is 15.2. The Hall–Kier alpha value is -7.56. The van der Waals surface area contributed by atoms with Gasteiger partial charge in [0.25, 0.3) is 6.71 Å². The summed E-state index contributed by atoms with van der Waals surface area (Å²) in [5, 5.41) is 0. The lowest BCUT2D eigenvalue weighted by Crippen LogP contribution is -2.61. The second-order valence-electron chi connectivity index (χ2n) is 31.2. The number of fused-ring (bicyclic) bond motifs is 7. The number of hydrogen-bond acceptors (Lipinski definition) is 3. The molecule has 2 heterocycles. The maximum atomic E-state index is 2.70. The first kappa shape index (κ1) is 56.6. The molecule has 85 heavy (non-hydrogen) atoms. The molecule has 430 valence electrons. The predicted octanol–water partition coefficient (Wildman–Crippen LogP) is 20.3. The molecule has 0 unspecified atom stereocenters. The molecule has 4 aliphatic rings. The molecule has 0 atom stereocenters. The quantitative estimate of drug-likeness (QED) is 0.154. The van der Waals surface area contributed by atoms with Crippen molar-refractivity contribution in [3.05, 3.63) is 237 Å². The molecule has 0 N–H and O–H groups in total. The normalized spacial score (nSPS) is 16.7. The summed E-state index contributed by atoms with van der Waals surface area (Å²) >= 11 is 0. The molecule has 0 bridgehead atoms. The first-order valence-corrected chi connectivity index (χ1v) is 31.4. The second kappa shape index (κ2) is 19.0. The summed E-state index contributed by atoms with van der Waals surface area (Å²) in [6, 6.07) is 69.3. The fourth-order valence-electron chi connectivity index (χ4n) is 15.8. The Labute approximate surface area is 510 Å². The van der Waals surface area contributed by atoms with Crippen LogP contribution in [0.2, 0.25) is 0 Å². The molecule has 0 aromatic heterocycles. The molecular weight excluding hydrogens is 1030 g/mol. The van der Waals surface area contributed by atoms with Gasteiger partial charge in [-0.25, -0.2) is 0 Å². The molecule has 2 aliphatic heterocycles. The zero-order valence-electron chi connectivity index (χ0n) is 54.4. The lowest BCUT2D eigenvalue weighted by atomic mass is 9.33. The van der Waals surface area contributed by atoms with Gasteiger partial charge in [0.2, 0.25) is 0 Å². The molecular formula is C81H88BN3. The predicted molar refractivity (Wildman–Crippen MR) is 368 cm³/mol. The number of rotatable bonds is 6. The van der Waals surface area contributed by atoms with Gasteiger partial charge in [-0.15, -0.1) is 0 Å². The lowest BCUT2D eigenvalue weighted by Gasteiger charge is -2.47. The maximum Gasteiger partial charge on any atom is 0.252 e. The van der Waals surface area contributed by atoms with Crippen molar-refractivity contribution in [2.75, 3.05) is 14.7 Å². The summed E-state index contributed by atoms with van der Waals surface area (Å²) < 4.78 is 0. The molecule has 0 amide bonds. The van der Waals surface area contributed by atoms with Gasteiger partial charge in [-0.1, -0.05) is 221 Å². The first-order valence-electron chi connectivity index (χ1n) is 31.4. The van der Waals surface area contributed by atoms with E-state index < -0.39 is 0 Å². The summed E-state index contributed by atoms with van der Waals surface area (Å²) in [5.41, 5.74) is 31.8. The van der Waals surface area contributed by atoms with Gasteiger partial charge < -0.3 is 14.7 Å². The minimum Gasteiger partial charge on any atom is -0.311 e. The van der Waals surface area contributed by atoms with Crippen LogP contribution in [0.3, 0.4) is 0 Å². The van der Waals surface area contributed by atoms with Crippen molar-refractivity contribution in [1.29, 1.82) is 0 Å². The molecule has 9 aromatic rings. The van der Waals surface area contributed by atoms with Crippen molar-refractivity contribution >= 4 is 74.3 Å². The van der Waals surface area contributed by atoms with E-state index in [1.54, 1.807) is 0 Å². The maximum absolute atomic E-state index is 2.70. The van der Waals surface area contributed by atoms with Gasteiger partial charge in [0, 0.05) is 61.9 Å². The monoisotopic (exact) mass is 1110 g/mol. The number of hydrogen-bond donors (Lipinski definition) is 0. The highest BCUT2D eigenvalue weighted by Gasteiger charge is 2.50. The molecule has 0 saturated heterocycles. The van der Waals surface area contributed by atoms with Crippen LogP contribution in [0.15, 0.2) is 176 Å². The van der Waals surface area contributed by atoms with Gasteiger partial charge in [-0.3, -0.25) is 0 Å². The van der Waals surface area contributed by atoms with Crippen molar-refractivity contribution in [2.45, 2.75) is 176 Å². The summed E-state index contributed by atoms with van der Waals surface area (Å²) in [6.07, 6.45) is 1.09. The molecule has 13 rings (SSSR count). The molecule has 3 nitrogen and oxygen atoms in total. The van der Waals surface area contributed by atoms with E-state index in [-0.39, 0.29) is 44.6 Å². The van der Waals surface area contributed by atoms with E-state index in [0.717, 1.165) is 23.5 Å². The molecule has 4 heteroatoms. The summed E-state index contributed by atoms with van der Waals surface area (Å²) in [7, 11) is 0. The lowest BCUT2D eigenvalue weighted by molar-refractivity contribution is 0.403. The fraction of sp³-hybridized carbons (Fsp3) is 0.333. The molecule has 2 aliphatic carbocycles. The van der Waals surface area contributed by atoms with Crippen LogP contribution >= 0.6 is 0 Å². The Morgan fingerprint density at radius 3 is 1.38 bits per heavy atom. The second-order valence-corrected chi connectivity index (χ2v) is 31.2. The largest absolute Gasteiger partial charge is 0.311 e. The van der Waals surface area contributed by atoms with Crippen molar-refractivity contribution in [1.82, 2.24) is 0 Å². The number of aryl methyl sites for hydroxylation is 2. The van der Waals surface area contributed by atoms with E-state index in [0.29, 0.717) is 0 Å². The molecule has 0 spiro atoms. The van der Waals surface area contributed by atoms with Crippen LogP contribution < -0.4 is 31.1 Å². The number of anilines is 9. The smallest absolute Gasteiger partial charge is 0.252 e. The zero-order valence-corrected chi connectivity index (χ0v) is 54.4. The third-order valence-electron chi connectivity index (χ3n) is 20.3. The number of nitrogens with zero attached hydrogens (tertiary/aromatic N) is 3. The van der Waals surface area contributed by atoms with Crippen LogP contribution in [-0.4, -0.2) is 6.71 Å². The fourth-order valence-corrected chi connectivity index (χ4v) is 15.8. The van der Waals surface area contributed by atoms with Crippen LogP contribution in [0.25, 0.3) is 11.1 Å². The molecule has 0 saturated carbocycles. The Balaban J connectivity index is 1.14. The Kier molecular flexibility index (Phi) is 12.6. The van der Waals surface area contributed by atoms with Gasteiger partial charge in [0.05, 0.1) is 5.69 Å². The third kappa shape index (κ3) is 8.96. The van der Waals surface area contributed by atoms with Gasteiger partial charge >= 0.3 is 0 Å². The van der Waals surface area contributed by atoms with Crippen LogP contribution in [0.4, 0.5) is 51.2 Å². The van der Waals surface area contributed by atoms with Gasteiger partial charge in [-0.05, 0) is 203 Å². The Bertz CT molecular complexity index is 4110. The van der Waals surface area contributed by atoms with E-state index >= 15 is 0 Å². The van der Waals surface area contributed by atoms with Crippen LogP contribution in [0.1, 0.15) is 185 Å². The average molecular weight is 1110 g/mol. The van der Waals surface area contributed by atoms with E-state index in [2.05, 4.69) is 322 Å².